The molecule has 3 amide bonds. The second-order valence-corrected chi connectivity index (χ2v) is 7.59. The molecule has 0 unspecified atom stereocenters. The molecule has 3 N–H and O–H groups in total. The number of para-hydroxylation sites is 1. The summed E-state index contributed by atoms with van der Waals surface area (Å²) in [7, 11) is 0. The summed E-state index contributed by atoms with van der Waals surface area (Å²) >= 11 is 0. The van der Waals surface area contributed by atoms with E-state index in [1.165, 1.54) is 6.21 Å². The summed E-state index contributed by atoms with van der Waals surface area (Å²) in [6.07, 6.45) is 1.48. The number of hydrogen-bond acceptors (Lipinski definition) is 4. The lowest BCUT2D eigenvalue weighted by atomic mass is 10.1. The van der Waals surface area contributed by atoms with Gasteiger partial charge in [0.25, 0.3) is 5.91 Å². The van der Waals surface area contributed by atoms with Gasteiger partial charge in [0, 0.05) is 11.3 Å². The maximum atomic E-state index is 12.7. The normalized spacial score (nSPS) is 10.7. The van der Waals surface area contributed by atoms with E-state index in [1.54, 1.807) is 36.4 Å². The van der Waals surface area contributed by atoms with Gasteiger partial charge in [-0.3, -0.25) is 14.4 Å². The number of hydrazone groups is 1. The fourth-order valence-electron chi connectivity index (χ4n) is 3.38. The second-order valence-electron chi connectivity index (χ2n) is 7.59. The number of fused-ring (bicyclic) bond motifs is 1. The average molecular weight is 450 g/mol. The monoisotopic (exact) mass is 450 g/mol. The number of amides is 3. The molecule has 0 saturated heterocycles. The summed E-state index contributed by atoms with van der Waals surface area (Å²) in [6.45, 7) is 1.95. The van der Waals surface area contributed by atoms with Crippen LogP contribution in [0.1, 0.15) is 21.5 Å². The number of nitrogens with one attached hydrogen (secondary N) is 3. The summed E-state index contributed by atoms with van der Waals surface area (Å²) < 4.78 is 0. The van der Waals surface area contributed by atoms with E-state index in [0.29, 0.717) is 5.69 Å². The van der Waals surface area contributed by atoms with E-state index in [9.17, 15) is 14.4 Å². The maximum absolute atomic E-state index is 12.7. The Morgan fingerprint density at radius 1 is 0.735 bits per heavy atom. The number of carbonyl (C=O) groups excluding carboxylic acids is 3. The van der Waals surface area contributed by atoms with Crippen molar-refractivity contribution in [3.05, 3.63) is 108 Å². The molecule has 34 heavy (non-hydrogen) atoms. The van der Waals surface area contributed by atoms with Crippen molar-refractivity contribution in [2.24, 2.45) is 5.10 Å². The molecule has 0 radical (unpaired) electrons. The van der Waals surface area contributed by atoms with Crippen molar-refractivity contribution in [2.45, 2.75) is 6.92 Å². The molecule has 168 valence electrons. The highest BCUT2D eigenvalue weighted by Crippen LogP contribution is 2.18. The van der Waals surface area contributed by atoms with Gasteiger partial charge in [0.15, 0.2) is 0 Å². The van der Waals surface area contributed by atoms with E-state index < -0.39 is 17.7 Å². The standard InChI is InChI=1S/C27H22N4O3/c1-18-13-15-21(16-14-18)29-25(32)23-11-4-5-12-24(23)30-26(33)27(34)31-28-17-20-9-6-8-19-7-2-3-10-22(19)20/h2-17H,1H3,(H,29,32)(H,30,33)(H,31,34)/b28-17-. The van der Waals surface area contributed by atoms with Crippen LogP contribution in [0.25, 0.3) is 10.8 Å². The third-order valence-corrected chi connectivity index (χ3v) is 5.13. The van der Waals surface area contributed by atoms with E-state index in [-0.39, 0.29) is 11.3 Å². The van der Waals surface area contributed by atoms with Crippen molar-refractivity contribution < 1.29 is 14.4 Å². The third-order valence-electron chi connectivity index (χ3n) is 5.13. The Morgan fingerprint density at radius 3 is 2.26 bits per heavy atom. The lowest BCUT2D eigenvalue weighted by Gasteiger charge is -2.11. The van der Waals surface area contributed by atoms with Crippen molar-refractivity contribution in [3.8, 4) is 0 Å². The zero-order valence-corrected chi connectivity index (χ0v) is 18.4. The van der Waals surface area contributed by atoms with Gasteiger partial charge in [0.2, 0.25) is 0 Å². The Labute approximate surface area is 196 Å². The van der Waals surface area contributed by atoms with Crippen LogP contribution >= 0.6 is 0 Å². The van der Waals surface area contributed by atoms with E-state index >= 15 is 0 Å². The number of anilines is 2. The molecule has 0 aliphatic rings. The van der Waals surface area contributed by atoms with Crippen LogP contribution in [0.5, 0.6) is 0 Å². The Hall–Kier alpha value is -4.78. The molecule has 0 bridgehead atoms. The molecule has 0 atom stereocenters. The van der Waals surface area contributed by atoms with Gasteiger partial charge in [0.05, 0.1) is 17.5 Å². The van der Waals surface area contributed by atoms with Gasteiger partial charge in [0.1, 0.15) is 0 Å². The lowest BCUT2D eigenvalue weighted by molar-refractivity contribution is -0.136. The average Bonchev–Trinajstić information content (AvgIpc) is 2.85. The number of hydrogen-bond donors (Lipinski definition) is 3. The summed E-state index contributed by atoms with van der Waals surface area (Å²) in [5.41, 5.74) is 5.16. The first-order valence-electron chi connectivity index (χ1n) is 10.6. The molecule has 0 aliphatic carbocycles. The predicted molar refractivity (Wildman–Crippen MR) is 134 cm³/mol. The minimum atomic E-state index is -0.953. The Balaban J connectivity index is 1.41. The van der Waals surface area contributed by atoms with Crippen molar-refractivity contribution >= 4 is 46.1 Å². The van der Waals surface area contributed by atoms with Gasteiger partial charge in [-0.1, -0.05) is 72.3 Å². The van der Waals surface area contributed by atoms with Gasteiger partial charge in [-0.15, -0.1) is 0 Å². The molecule has 0 aromatic heterocycles. The molecular formula is C27H22N4O3. The number of rotatable bonds is 5. The van der Waals surface area contributed by atoms with Gasteiger partial charge >= 0.3 is 11.8 Å². The molecule has 4 aromatic rings. The molecule has 7 heteroatoms. The Morgan fingerprint density at radius 2 is 1.44 bits per heavy atom. The molecule has 0 saturated carbocycles. The highest BCUT2D eigenvalue weighted by atomic mass is 16.2. The lowest BCUT2D eigenvalue weighted by Crippen LogP contribution is -2.33. The first kappa shape index (κ1) is 22.4. The molecule has 0 spiro atoms. The topological polar surface area (TPSA) is 99.7 Å². The quantitative estimate of drug-likeness (QED) is 0.237. The third kappa shape index (κ3) is 5.34. The number of carbonyl (C=O) groups is 3. The van der Waals surface area contributed by atoms with Crippen LogP contribution in [-0.2, 0) is 9.59 Å². The minimum absolute atomic E-state index is 0.213. The SMILES string of the molecule is Cc1ccc(NC(=O)c2ccccc2NC(=O)C(=O)N/N=C\c2cccc3ccccc23)cc1. The first-order chi connectivity index (χ1) is 16.5. The maximum Gasteiger partial charge on any atom is 0.329 e. The summed E-state index contributed by atoms with van der Waals surface area (Å²) in [5.74, 6) is -2.30. The summed E-state index contributed by atoms with van der Waals surface area (Å²) in [5, 5.41) is 11.2. The van der Waals surface area contributed by atoms with Crippen molar-refractivity contribution in [3.63, 3.8) is 0 Å². The zero-order valence-electron chi connectivity index (χ0n) is 18.4. The van der Waals surface area contributed by atoms with Crippen molar-refractivity contribution in [1.82, 2.24) is 5.43 Å². The van der Waals surface area contributed by atoms with E-state index in [0.717, 1.165) is 21.9 Å². The fourth-order valence-corrected chi connectivity index (χ4v) is 3.38. The zero-order chi connectivity index (χ0) is 23.9. The van der Waals surface area contributed by atoms with Crippen LogP contribution in [-0.4, -0.2) is 23.9 Å². The second kappa shape index (κ2) is 10.2. The molecule has 4 rings (SSSR count). The smallest absolute Gasteiger partial charge is 0.322 e. The van der Waals surface area contributed by atoms with Crippen LogP contribution in [0.2, 0.25) is 0 Å². The van der Waals surface area contributed by atoms with Crippen LogP contribution in [0.4, 0.5) is 11.4 Å². The number of nitrogens with zero attached hydrogens (tertiary/aromatic N) is 1. The van der Waals surface area contributed by atoms with Crippen LogP contribution in [0.3, 0.4) is 0 Å². The van der Waals surface area contributed by atoms with Crippen molar-refractivity contribution in [2.75, 3.05) is 10.6 Å². The van der Waals surface area contributed by atoms with E-state index in [1.807, 2.05) is 61.5 Å². The van der Waals surface area contributed by atoms with Gasteiger partial charge in [-0.05, 0) is 42.0 Å². The highest BCUT2D eigenvalue weighted by molar-refractivity contribution is 6.40. The Kier molecular flexibility index (Phi) is 6.74. The van der Waals surface area contributed by atoms with Gasteiger partial charge in [-0.25, -0.2) is 5.43 Å². The van der Waals surface area contributed by atoms with Crippen LogP contribution in [0.15, 0.2) is 96.1 Å². The first-order valence-corrected chi connectivity index (χ1v) is 10.6. The number of benzene rings is 4. The van der Waals surface area contributed by atoms with Crippen LogP contribution < -0.4 is 16.1 Å². The highest BCUT2D eigenvalue weighted by Gasteiger charge is 2.17. The number of aryl methyl sites for hydroxylation is 1. The minimum Gasteiger partial charge on any atom is -0.322 e. The molecule has 0 heterocycles. The predicted octanol–water partition coefficient (Wildman–Crippen LogP) is 4.49. The van der Waals surface area contributed by atoms with Gasteiger partial charge < -0.3 is 10.6 Å². The molecule has 0 aliphatic heterocycles. The summed E-state index contributed by atoms with van der Waals surface area (Å²) in [4.78, 5) is 37.4. The van der Waals surface area contributed by atoms with Gasteiger partial charge in [-0.2, -0.15) is 5.10 Å². The summed E-state index contributed by atoms with van der Waals surface area (Å²) in [6, 6.07) is 27.3. The van der Waals surface area contributed by atoms with Crippen LogP contribution in [0, 0.1) is 6.92 Å². The molecule has 7 nitrogen and oxygen atoms in total. The van der Waals surface area contributed by atoms with Crippen molar-refractivity contribution in [1.29, 1.82) is 0 Å². The molecule has 4 aromatic carbocycles. The Bertz CT molecular complexity index is 1390. The molecular weight excluding hydrogens is 428 g/mol. The van der Waals surface area contributed by atoms with E-state index in [2.05, 4.69) is 21.2 Å². The fraction of sp³-hybridized carbons (Fsp3) is 0.0370. The van der Waals surface area contributed by atoms with E-state index in [4.69, 9.17) is 0 Å². The largest absolute Gasteiger partial charge is 0.329 e. The molecule has 0 fully saturated rings.